The van der Waals surface area contributed by atoms with Gasteiger partial charge in [-0.05, 0) is 26.0 Å². The lowest BCUT2D eigenvalue weighted by atomic mass is 10.1. The molecule has 0 radical (unpaired) electrons. The van der Waals surface area contributed by atoms with Crippen molar-refractivity contribution in [1.82, 2.24) is 5.32 Å². The van der Waals surface area contributed by atoms with E-state index in [4.69, 9.17) is 0 Å². The number of carbonyl (C=O) groups excluding carboxylic acids is 1. The molecular formula is C13H19NO4S. The van der Waals surface area contributed by atoms with Gasteiger partial charge in [0.25, 0.3) is 5.91 Å². The highest BCUT2D eigenvalue weighted by Gasteiger charge is 2.21. The Labute approximate surface area is 113 Å². The van der Waals surface area contributed by atoms with Gasteiger partial charge in [0.05, 0.1) is 21.8 Å². The van der Waals surface area contributed by atoms with Crippen molar-refractivity contribution in [2.24, 2.45) is 0 Å². The summed E-state index contributed by atoms with van der Waals surface area (Å²) in [6.07, 6.45) is 0. The van der Waals surface area contributed by atoms with Gasteiger partial charge in [-0.1, -0.05) is 19.1 Å². The minimum Gasteiger partial charge on any atom is -0.389 e. The van der Waals surface area contributed by atoms with Crippen molar-refractivity contribution in [1.29, 1.82) is 0 Å². The van der Waals surface area contributed by atoms with Crippen molar-refractivity contribution >= 4 is 15.7 Å². The molecule has 2 N–H and O–H groups in total. The van der Waals surface area contributed by atoms with Crippen LogP contribution in [0, 0.1) is 0 Å². The lowest BCUT2D eigenvalue weighted by Crippen LogP contribution is -2.38. The second-order valence-electron chi connectivity index (χ2n) is 4.89. The predicted octanol–water partition coefficient (Wildman–Crippen LogP) is 0.981. The SMILES string of the molecule is CCS(=O)(=O)c1ccccc1C(=O)NCC(C)(C)O. The zero-order valence-electron chi connectivity index (χ0n) is 11.3. The van der Waals surface area contributed by atoms with Gasteiger partial charge in [0.2, 0.25) is 0 Å². The summed E-state index contributed by atoms with van der Waals surface area (Å²) in [5.74, 6) is -0.572. The van der Waals surface area contributed by atoms with Gasteiger partial charge >= 0.3 is 0 Å². The third-order valence-corrected chi connectivity index (χ3v) is 4.31. The van der Waals surface area contributed by atoms with E-state index in [0.717, 1.165) is 0 Å². The summed E-state index contributed by atoms with van der Waals surface area (Å²) in [7, 11) is -3.45. The summed E-state index contributed by atoms with van der Waals surface area (Å²) in [4.78, 5) is 12.0. The molecule has 0 saturated carbocycles. The smallest absolute Gasteiger partial charge is 0.252 e. The number of hydrogen-bond donors (Lipinski definition) is 2. The Balaban J connectivity index is 3.05. The summed E-state index contributed by atoms with van der Waals surface area (Å²) >= 11 is 0. The Morgan fingerprint density at radius 3 is 2.42 bits per heavy atom. The van der Waals surface area contributed by atoms with Gasteiger partial charge in [0, 0.05) is 6.54 Å². The van der Waals surface area contributed by atoms with Crippen molar-refractivity contribution in [3.63, 3.8) is 0 Å². The topological polar surface area (TPSA) is 83.5 Å². The Hall–Kier alpha value is -1.40. The average Bonchev–Trinajstić information content (AvgIpc) is 2.35. The van der Waals surface area contributed by atoms with Gasteiger partial charge in [-0.3, -0.25) is 4.79 Å². The fourth-order valence-corrected chi connectivity index (χ4v) is 2.57. The van der Waals surface area contributed by atoms with Crippen molar-refractivity contribution < 1.29 is 18.3 Å². The first-order chi connectivity index (χ1) is 8.67. The summed E-state index contributed by atoms with van der Waals surface area (Å²) in [5.41, 5.74) is -0.942. The van der Waals surface area contributed by atoms with Gasteiger partial charge in [-0.2, -0.15) is 0 Å². The summed E-state index contributed by atoms with van der Waals surface area (Å²) in [6.45, 7) is 4.69. The average molecular weight is 285 g/mol. The second-order valence-corrected chi connectivity index (χ2v) is 7.14. The molecule has 0 heterocycles. The van der Waals surface area contributed by atoms with Crippen molar-refractivity contribution in [3.8, 4) is 0 Å². The molecule has 1 aromatic carbocycles. The van der Waals surface area contributed by atoms with E-state index in [2.05, 4.69) is 5.32 Å². The molecule has 0 aliphatic rings. The highest BCUT2D eigenvalue weighted by Crippen LogP contribution is 2.17. The van der Waals surface area contributed by atoms with Gasteiger partial charge in [-0.25, -0.2) is 8.42 Å². The molecule has 0 aromatic heterocycles. The van der Waals surface area contributed by atoms with E-state index in [-0.39, 0.29) is 22.8 Å². The molecule has 0 fully saturated rings. The fourth-order valence-electron chi connectivity index (χ4n) is 1.47. The lowest BCUT2D eigenvalue weighted by molar-refractivity contribution is 0.0693. The molecule has 5 nitrogen and oxygen atoms in total. The minimum absolute atomic E-state index is 0.0192. The third-order valence-electron chi connectivity index (χ3n) is 2.53. The maximum absolute atomic E-state index is 12.0. The van der Waals surface area contributed by atoms with Crippen LogP contribution < -0.4 is 5.32 Å². The van der Waals surface area contributed by atoms with Crippen molar-refractivity contribution in [2.75, 3.05) is 12.3 Å². The molecule has 1 aromatic rings. The van der Waals surface area contributed by atoms with E-state index in [0.29, 0.717) is 0 Å². The van der Waals surface area contributed by atoms with Crippen LogP contribution in [0.4, 0.5) is 0 Å². The first-order valence-electron chi connectivity index (χ1n) is 6.00. The van der Waals surface area contributed by atoms with E-state index in [1.54, 1.807) is 26.0 Å². The molecule has 0 atom stereocenters. The normalized spacial score (nSPS) is 12.2. The number of carbonyl (C=O) groups is 1. The molecule has 0 saturated heterocycles. The van der Waals surface area contributed by atoms with Crippen LogP contribution in [-0.4, -0.2) is 37.3 Å². The Morgan fingerprint density at radius 1 is 1.32 bits per heavy atom. The number of amides is 1. The Morgan fingerprint density at radius 2 is 1.89 bits per heavy atom. The highest BCUT2D eigenvalue weighted by molar-refractivity contribution is 7.91. The first-order valence-corrected chi connectivity index (χ1v) is 7.65. The van der Waals surface area contributed by atoms with Crippen LogP contribution in [0.15, 0.2) is 29.2 Å². The number of nitrogens with one attached hydrogen (secondary N) is 1. The number of benzene rings is 1. The van der Waals surface area contributed by atoms with Crippen LogP contribution >= 0.6 is 0 Å². The van der Waals surface area contributed by atoms with E-state index in [1.807, 2.05) is 0 Å². The van der Waals surface area contributed by atoms with Gasteiger partial charge in [0.15, 0.2) is 9.84 Å². The Bertz CT molecular complexity index is 558. The second kappa shape index (κ2) is 5.71. The van der Waals surface area contributed by atoms with Gasteiger partial charge < -0.3 is 10.4 Å². The van der Waals surface area contributed by atoms with Crippen LogP contribution in [0.1, 0.15) is 31.1 Å². The zero-order valence-corrected chi connectivity index (χ0v) is 12.1. The largest absolute Gasteiger partial charge is 0.389 e. The Kier molecular flexibility index (Phi) is 4.70. The molecule has 0 unspecified atom stereocenters. The predicted molar refractivity (Wildman–Crippen MR) is 72.8 cm³/mol. The van der Waals surface area contributed by atoms with Crippen LogP contribution in [0.3, 0.4) is 0 Å². The number of rotatable bonds is 5. The van der Waals surface area contributed by atoms with Crippen LogP contribution in [-0.2, 0) is 9.84 Å². The molecule has 19 heavy (non-hydrogen) atoms. The lowest BCUT2D eigenvalue weighted by Gasteiger charge is -2.18. The molecule has 6 heteroatoms. The maximum atomic E-state index is 12.0. The van der Waals surface area contributed by atoms with Crippen LogP contribution in [0.5, 0.6) is 0 Å². The molecule has 0 spiro atoms. The number of hydrogen-bond acceptors (Lipinski definition) is 4. The van der Waals surface area contributed by atoms with E-state index < -0.39 is 21.3 Å². The molecule has 0 aliphatic carbocycles. The van der Waals surface area contributed by atoms with E-state index in [1.165, 1.54) is 19.1 Å². The summed E-state index contributed by atoms with van der Waals surface area (Å²) in [6, 6.07) is 6.06. The number of sulfone groups is 1. The van der Waals surface area contributed by atoms with Crippen molar-refractivity contribution in [2.45, 2.75) is 31.3 Å². The van der Waals surface area contributed by atoms with Gasteiger partial charge in [-0.15, -0.1) is 0 Å². The minimum atomic E-state index is -3.45. The van der Waals surface area contributed by atoms with Crippen LogP contribution in [0.2, 0.25) is 0 Å². The zero-order chi connectivity index (χ0) is 14.7. The van der Waals surface area contributed by atoms with Crippen LogP contribution in [0.25, 0.3) is 0 Å². The maximum Gasteiger partial charge on any atom is 0.252 e. The highest BCUT2D eigenvalue weighted by atomic mass is 32.2. The van der Waals surface area contributed by atoms with E-state index in [9.17, 15) is 18.3 Å². The third kappa shape index (κ3) is 4.33. The van der Waals surface area contributed by atoms with Crippen molar-refractivity contribution in [3.05, 3.63) is 29.8 Å². The molecule has 106 valence electrons. The summed E-state index contributed by atoms with van der Waals surface area (Å²) < 4.78 is 23.8. The summed E-state index contributed by atoms with van der Waals surface area (Å²) in [5, 5.41) is 12.1. The standard InChI is InChI=1S/C13H19NO4S/c1-4-19(17,18)11-8-6-5-7-10(11)12(15)14-9-13(2,3)16/h5-8,16H,4,9H2,1-3H3,(H,14,15). The van der Waals surface area contributed by atoms with Gasteiger partial charge in [0.1, 0.15) is 0 Å². The first kappa shape index (κ1) is 15.7. The molecule has 1 rings (SSSR count). The quantitative estimate of drug-likeness (QED) is 0.844. The molecule has 0 aliphatic heterocycles. The molecular weight excluding hydrogens is 266 g/mol. The molecule has 1 amide bonds. The molecule has 0 bridgehead atoms. The fraction of sp³-hybridized carbons (Fsp3) is 0.462. The number of aliphatic hydroxyl groups is 1. The monoisotopic (exact) mass is 285 g/mol. The van der Waals surface area contributed by atoms with E-state index >= 15 is 0 Å².